The minimum absolute atomic E-state index is 0.0824. The molecule has 2 N–H and O–H groups in total. The van der Waals surface area contributed by atoms with Crippen molar-refractivity contribution < 1.29 is 13.5 Å². The molecule has 1 aromatic carbocycles. The highest BCUT2D eigenvalue weighted by atomic mass is 32.2. The van der Waals surface area contributed by atoms with Gasteiger partial charge < -0.3 is 5.11 Å². The number of nitrogens with zero attached hydrogens (tertiary/aromatic N) is 4. The molecule has 4 rings (SSSR count). The lowest BCUT2D eigenvalue weighted by Gasteiger charge is -2.08. The van der Waals surface area contributed by atoms with E-state index in [-0.39, 0.29) is 11.1 Å². The van der Waals surface area contributed by atoms with Crippen LogP contribution in [-0.2, 0) is 10.0 Å². The average molecular weight is 395 g/mol. The summed E-state index contributed by atoms with van der Waals surface area (Å²) in [7, 11) is -3.35. The van der Waals surface area contributed by atoms with Gasteiger partial charge in [0.15, 0.2) is 5.82 Å². The number of sulfonamides is 1. The van der Waals surface area contributed by atoms with E-state index in [9.17, 15) is 13.5 Å². The number of aromatic hydroxyl groups is 1. The second-order valence-corrected chi connectivity index (χ2v) is 8.60. The Kier molecular flexibility index (Phi) is 4.28. The molecule has 0 bridgehead atoms. The van der Waals surface area contributed by atoms with Crippen LogP contribution in [0.4, 0.5) is 5.69 Å². The first-order valence-electron chi connectivity index (χ1n) is 8.66. The summed E-state index contributed by atoms with van der Waals surface area (Å²) >= 11 is 0. The van der Waals surface area contributed by atoms with E-state index in [0.29, 0.717) is 41.2 Å². The number of aryl methyl sites for hydroxylation is 1. The molecule has 1 aliphatic rings. The fourth-order valence-corrected chi connectivity index (χ4v) is 4.29. The largest absolute Gasteiger partial charge is 0.493 e. The number of pyridine rings is 1. The number of anilines is 1. The zero-order chi connectivity index (χ0) is 19.9. The number of hydrogen-bond donors (Lipinski definition) is 2. The molecular formula is C19H17N5O3S. The van der Waals surface area contributed by atoms with Gasteiger partial charge in [0.05, 0.1) is 40.0 Å². The summed E-state index contributed by atoms with van der Waals surface area (Å²) in [4.78, 5) is 4.22. The van der Waals surface area contributed by atoms with E-state index in [1.165, 1.54) is 10.9 Å². The first kappa shape index (κ1) is 18.0. The Hall–Kier alpha value is -3.38. The predicted octanol–water partition coefficient (Wildman–Crippen LogP) is 2.72. The first-order chi connectivity index (χ1) is 13.4. The van der Waals surface area contributed by atoms with Gasteiger partial charge in [-0.05, 0) is 49.6 Å². The molecule has 2 heterocycles. The highest BCUT2D eigenvalue weighted by molar-refractivity contribution is 7.93. The van der Waals surface area contributed by atoms with Crippen LogP contribution in [0.2, 0.25) is 0 Å². The fourth-order valence-electron chi connectivity index (χ4n) is 2.92. The van der Waals surface area contributed by atoms with Crippen LogP contribution in [0.3, 0.4) is 0 Å². The Morgan fingerprint density at radius 3 is 2.50 bits per heavy atom. The lowest BCUT2D eigenvalue weighted by Crippen LogP contribution is -2.17. The summed E-state index contributed by atoms with van der Waals surface area (Å²) in [6, 6.07) is 12.1. The summed E-state index contributed by atoms with van der Waals surface area (Å²) in [5.74, 6) is 0.274. The summed E-state index contributed by atoms with van der Waals surface area (Å²) in [5, 5.41) is 23.6. The van der Waals surface area contributed by atoms with Crippen LogP contribution >= 0.6 is 0 Å². The van der Waals surface area contributed by atoms with Crippen molar-refractivity contribution in [1.29, 1.82) is 5.26 Å². The van der Waals surface area contributed by atoms with Gasteiger partial charge in [-0.2, -0.15) is 15.0 Å². The monoisotopic (exact) mass is 395 g/mol. The summed E-state index contributed by atoms with van der Waals surface area (Å²) in [6.45, 7) is 1.77. The number of benzene rings is 1. The van der Waals surface area contributed by atoms with Crippen molar-refractivity contribution >= 4 is 15.7 Å². The third-order valence-electron chi connectivity index (χ3n) is 4.53. The van der Waals surface area contributed by atoms with E-state index in [1.54, 1.807) is 43.3 Å². The Bertz CT molecular complexity index is 1170. The van der Waals surface area contributed by atoms with E-state index in [0.717, 1.165) is 5.56 Å². The van der Waals surface area contributed by atoms with Crippen LogP contribution in [-0.4, -0.2) is 33.5 Å². The SMILES string of the molecule is Cc1nn(-c2ccc(NS(=O)(=O)C3CC3)cn2)c(O)c1-c1ccc(C#N)cc1. The highest BCUT2D eigenvalue weighted by Crippen LogP contribution is 2.34. The molecular weight excluding hydrogens is 378 g/mol. The van der Waals surface area contributed by atoms with Gasteiger partial charge in [0.25, 0.3) is 0 Å². The Balaban J connectivity index is 1.63. The average Bonchev–Trinajstić information content (AvgIpc) is 3.49. The van der Waals surface area contributed by atoms with E-state index < -0.39 is 10.0 Å². The second kappa shape index (κ2) is 6.65. The molecule has 28 heavy (non-hydrogen) atoms. The van der Waals surface area contributed by atoms with E-state index in [1.807, 2.05) is 0 Å². The molecule has 9 heteroatoms. The summed E-state index contributed by atoms with van der Waals surface area (Å²) in [6.07, 6.45) is 2.76. The van der Waals surface area contributed by atoms with Crippen LogP contribution in [0.1, 0.15) is 24.1 Å². The normalized spacial score (nSPS) is 13.9. The molecule has 2 aromatic heterocycles. The second-order valence-electron chi connectivity index (χ2n) is 6.64. The van der Waals surface area contributed by atoms with Crippen LogP contribution in [0.25, 0.3) is 16.9 Å². The Morgan fingerprint density at radius 2 is 1.93 bits per heavy atom. The van der Waals surface area contributed by atoms with E-state index in [2.05, 4.69) is 20.9 Å². The molecule has 0 amide bonds. The number of hydrogen-bond acceptors (Lipinski definition) is 6. The van der Waals surface area contributed by atoms with Crippen LogP contribution in [0.15, 0.2) is 42.6 Å². The Morgan fingerprint density at radius 1 is 1.21 bits per heavy atom. The summed E-state index contributed by atoms with van der Waals surface area (Å²) < 4.78 is 27.8. The molecule has 0 spiro atoms. The maximum absolute atomic E-state index is 12.0. The predicted molar refractivity (Wildman–Crippen MR) is 103 cm³/mol. The van der Waals surface area contributed by atoms with Gasteiger partial charge in [-0.3, -0.25) is 4.72 Å². The minimum Gasteiger partial charge on any atom is -0.493 e. The third-order valence-corrected chi connectivity index (χ3v) is 6.40. The quantitative estimate of drug-likeness (QED) is 0.685. The lowest BCUT2D eigenvalue weighted by atomic mass is 10.0. The zero-order valence-electron chi connectivity index (χ0n) is 15.0. The molecule has 0 unspecified atom stereocenters. The number of nitrogens with one attached hydrogen (secondary N) is 1. The standard InChI is InChI=1S/C19H17N5O3S/c1-12-18(14-4-2-13(10-20)3-5-14)19(25)24(22-12)17-9-6-15(11-21-17)23-28(26,27)16-7-8-16/h2-6,9,11,16,23,25H,7-8H2,1H3. The lowest BCUT2D eigenvalue weighted by molar-refractivity contribution is 0.433. The maximum atomic E-state index is 12.0. The smallest absolute Gasteiger partial charge is 0.235 e. The number of aromatic nitrogens is 3. The maximum Gasteiger partial charge on any atom is 0.235 e. The van der Waals surface area contributed by atoms with Crippen molar-refractivity contribution in [2.45, 2.75) is 25.0 Å². The molecule has 1 saturated carbocycles. The Labute approximate surface area is 162 Å². The highest BCUT2D eigenvalue weighted by Gasteiger charge is 2.35. The van der Waals surface area contributed by atoms with Crippen LogP contribution < -0.4 is 4.72 Å². The van der Waals surface area contributed by atoms with Crippen molar-refractivity contribution in [1.82, 2.24) is 14.8 Å². The molecule has 0 aliphatic heterocycles. The molecule has 142 valence electrons. The fraction of sp³-hybridized carbons (Fsp3) is 0.211. The molecule has 0 saturated heterocycles. The molecule has 3 aromatic rings. The van der Waals surface area contributed by atoms with Gasteiger partial charge in [-0.25, -0.2) is 13.4 Å². The van der Waals surface area contributed by atoms with E-state index >= 15 is 0 Å². The molecule has 1 aliphatic carbocycles. The van der Waals surface area contributed by atoms with Crippen molar-refractivity contribution in [3.8, 4) is 28.9 Å². The van der Waals surface area contributed by atoms with Crippen LogP contribution in [0.5, 0.6) is 5.88 Å². The molecule has 1 fully saturated rings. The van der Waals surface area contributed by atoms with Crippen LogP contribution in [0, 0.1) is 18.3 Å². The number of nitriles is 1. The third kappa shape index (κ3) is 3.30. The van der Waals surface area contributed by atoms with Crippen molar-refractivity contribution in [3.05, 3.63) is 53.9 Å². The molecule has 8 nitrogen and oxygen atoms in total. The van der Waals surface area contributed by atoms with Gasteiger partial charge in [-0.15, -0.1) is 0 Å². The molecule has 0 atom stereocenters. The number of rotatable bonds is 5. The van der Waals surface area contributed by atoms with Crippen molar-refractivity contribution in [2.75, 3.05) is 4.72 Å². The first-order valence-corrected chi connectivity index (χ1v) is 10.2. The molecule has 0 radical (unpaired) electrons. The summed E-state index contributed by atoms with van der Waals surface area (Å²) in [5.41, 5.74) is 2.77. The van der Waals surface area contributed by atoms with Gasteiger partial charge in [0, 0.05) is 0 Å². The minimum atomic E-state index is -3.35. The van der Waals surface area contributed by atoms with Gasteiger partial charge >= 0.3 is 0 Å². The van der Waals surface area contributed by atoms with Gasteiger partial charge in [0.1, 0.15) is 0 Å². The van der Waals surface area contributed by atoms with Crippen molar-refractivity contribution in [3.63, 3.8) is 0 Å². The van der Waals surface area contributed by atoms with E-state index in [4.69, 9.17) is 5.26 Å². The topological polar surface area (TPSA) is 121 Å². The zero-order valence-corrected chi connectivity index (χ0v) is 15.8. The van der Waals surface area contributed by atoms with Gasteiger partial charge in [0.2, 0.25) is 15.9 Å². The van der Waals surface area contributed by atoms with Crippen molar-refractivity contribution in [2.24, 2.45) is 0 Å². The van der Waals surface area contributed by atoms with Gasteiger partial charge in [-0.1, -0.05) is 12.1 Å².